The summed E-state index contributed by atoms with van der Waals surface area (Å²) in [5, 5.41) is 8.20. The Balaban J connectivity index is 4.02. The van der Waals surface area contributed by atoms with Crippen LogP contribution in [0.1, 0.15) is 13.3 Å². The van der Waals surface area contributed by atoms with Gasteiger partial charge in [0.1, 0.15) is 0 Å². The summed E-state index contributed by atoms with van der Waals surface area (Å²) in [5.41, 5.74) is 10.0. The second kappa shape index (κ2) is 4.32. The molecular weight excluding hydrogens is 162 g/mol. The van der Waals surface area contributed by atoms with Crippen LogP contribution in [-0.4, -0.2) is 28.9 Å². The van der Waals surface area contributed by atoms with Crippen LogP contribution in [0, 0.1) is 0 Å². The second-order valence-electron chi connectivity index (χ2n) is 2.34. The number of rotatable bonds is 4. The molecule has 0 aliphatic heterocycles. The van der Waals surface area contributed by atoms with E-state index in [0.29, 0.717) is 0 Å². The number of hydrogen-bond acceptors (Lipinski definition) is 3. The van der Waals surface area contributed by atoms with Gasteiger partial charge in [-0.1, -0.05) is 0 Å². The van der Waals surface area contributed by atoms with Crippen LogP contribution in [0.5, 0.6) is 0 Å². The van der Waals surface area contributed by atoms with Gasteiger partial charge in [0.2, 0.25) is 5.78 Å². The zero-order chi connectivity index (χ0) is 9.72. The van der Waals surface area contributed by atoms with Gasteiger partial charge in [-0.15, -0.1) is 0 Å². The van der Waals surface area contributed by atoms with Crippen molar-refractivity contribution in [2.75, 3.05) is 0 Å². The maximum Gasteiger partial charge on any atom is 0.372 e. The number of carboxylic acid groups (broad SMARTS) is 1. The Morgan fingerprint density at radius 3 is 2.33 bits per heavy atom. The lowest BCUT2D eigenvalue weighted by Crippen LogP contribution is -2.26. The standard InChI is InChI=1S/C6H11N3O3/c1-3(9-6(7)8)2-4(10)5(11)12/h3H,2H2,1H3,(H,11,12)(H4,7,8,9). The van der Waals surface area contributed by atoms with E-state index in [2.05, 4.69) is 4.99 Å². The number of hydrogen-bond donors (Lipinski definition) is 3. The molecular formula is C6H11N3O3. The van der Waals surface area contributed by atoms with E-state index >= 15 is 0 Å². The quantitative estimate of drug-likeness (QED) is 0.277. The van der Waals surface area contributed by atoms with Gasteiger partial charge in [0.05, 0.1) is 6.04 Å². The van der Waals surface area contributed by atoms with Crippen molar-refractivity contribution in [2.24, 2.45) is 16.5 Å². The van der Waals surface area contributed by atoms with E-state index in [1.54, 1.807) is 6.92 Å². The van der Waals surface area contributed by atoms with E-state index in [9.17, 15) is 9.59 Å². The van der Waals surface area contributed by atoms with Gasteiger partial charge in [-0.25, -0.2) is 4.79 Å². The molecule has 0 rings (SSSR count). The van der Waals surface area contributed by atoms with E-state index in [1.165, 1.54) is 0 Å². The number of ketones is 1. The first-order valence-corrected chi connectivity index (χ1v) is 3.28. The zero-order valence-corrected chi connectivity index (χ0v) is 6.65. The maximum absolute atomic E-state index is 10.6. The zero-order valence-electron chi connectivity index (χ0n) is 6.65. The third-order valence-electron chi connectivity index (χ3n) is 1.09. The molecule has 68 valence electrons. The number of guanidine groups is 1. The lowest BCUT2D eigenvalue weighted by atomic mass is 10.2. The molecule has 0 aliphatic carbocycles. The molecule has 0 amide bonds. The van der Waals surface area contributed by atoms with E-state index in [-0.39, 0.29) is 12.4 Å². The molecule has 0 heterocycles. The molecule has 0 spiro atoms. The Labute approximate surface area is 69.3 Å². The number of aliphatic carboxylic acids is 1. The van der Waals surface area contributed by atoms with Crippen molar-refractivity contribution in [3.8, 4) is 0 Å². The average Bonchev–Trinajstić information content (AvgIpc) is 1.84. The average molecular weight is 173 g/mol. The van der Waals surface area contributed by atoms with Gasteiger partial charge in [0.15, 0.2) is 5.96 Å². The normalized spacial score (nSPS) is 11.8. The molecule has 0 aromatic carbocycles. The SMILES string of the molecule is CC(CC(=O)C(=O)O)N=C(N)N. The van der Waals surface area contributed by atoms with E-state index < -0.39 is 17.8 Å². The Morgan fingerprint density at radius 1 is 1.50 bits per heavy atom. The monoisotopic (exact) mass is 173 g/mol. The van der Waals surface area contributed by atoms with Crippen LogP contribution >= 0.6 is 0 Å². The molecule has 0 aliphatic rings. The molecule has 6 heteroatoms. The van der Waals surface area contributed by atoms with E-state index in [1.807, 2.05) is 0 Å². The third-order valence-corrected chi connectivity index (χ3v) is 1.09. The van der Waals surface area contributed by atoms with Crippen LogP contribution < -0.4 is 11.5 Å². The van der Waals surface area contributed by atoms with Crippen LogP contribution in [0.2, 0.25) is 0 Å². The van der Waals surface area contributed by atoms with E-state index in [4.69, 9.17) is 16.6 Å². The highest BCUT2D eigenvalue weighted by Gasteiger charge is 2.14. The van der Waals surface area contributed by atoms with Crippen molar-refractivity contribution < 1.29 is 14.7 Å². The van der Waals surface area contributed by atoms with Crippen molar-refractivity contribution in [3.05, 3.63) is 0 Å². The molecule has 0 aromatic rings. The fourth-order valence-electron chi connectivity index (χ4n) is 0.656. The summed E-state index contributed by atoms with van der Waals surface area (Å²) in [7, 11) is 0. The summed E-state index contributed by atoms with van der Waals surface area (Å²) in [6.07, 6.45) is -0.187. The molecule has 0 saturated carbocycles. The lowest BCUT2D eigenvalue weighted by molar-refractivity contribution is -0.149. The first kappa shape index (κ1) is 10.4. The van der Waals surface area contributed by atoms with Gasteiger partial charge in [0, 0.05) is 6.42 Å². The third kappa shape index (κ3) is 4.26. The Morgan fingerprint density at radius 2 is 2.00 bits per heavy atom. The summed E-state index contributed by atoms with van der Waals surface area (Å²) in [4.78, 5) is 24.2. The minimum absolute atomic E-state index is 0.152. The van der Waals surface area contributed by atoms with E-state index in [0.717, 1.165) is 0 Å². The summed E-state index contributed by atoms with van der Waals surface area (Å²) in [6, 6.07) is -0.487. The fourth-order valence-corrected chi connectivity index (χ4v) is 0.656. The summed E-state index contributed by atoms with van der Waals surface area (Å²) in [5.74, 6) is -2.51. The molecule has 1 unspecified atom stereocenters. The number of Topliss-reactive ketones (excluding diaryl/α,β-unsaturated/α-hetero) is 1. The Hall–Kier alpha value is -1.59. The molecule has 0 bridgehead atoms. The maximum atomic E-state index is 10.6. The number of nitrogens with two attached hydrogens (primary N) is 2. The molecule has 5 N–H and O–H groups in total. The van der Waals surface area contributed by atoms with Crippen molar-refractivity contribution >= 4 is 17.7 Å². The van der Waals surface area contributed by atoms with Crippen LogP contribution in [0.25, 0.3) is 0 Å². The number of carboxylic acids is 1. The number of carbonyl (C=O) groups is 2. The first-order valence-electron chi connectivity index (χ1n) is 3.28. The minimum Gasteiger partial charge on any atom is -0.476 e. The van der Waals surface area contributed by atoms with Crippen LogP contribution in [0.3, 0.4) is 0 Å². The largest absolute Gasteiger partial charge is 0.476 e. The minimum atomic E-state index is -1.47. The van der Waals surface area contributed by atoms with Gasteiger partial charge < -0.3 is 16.6 Å². The molecule has 6 nitrogen and oxygen atoms in total. The molecule has 0 fully saturated rings. The van der Waals surface area contributed by atoms with Crippen LogP contribution in [-0.2, 0) is 9.59 Å². The highest BCUT2D eigenvalue weighted by Crippen LogP contribution is 1.96. The van der Waals surface area contributed by atoms with Gasteiger partial charge in [-0.2, -0.15) is 0 Å². The second-order valence-corrected chi connectivity index (χ2v) is 2.34. The van der Waals surface area contributed by atoms with Crippen molar-refractivity contribution in [1.29, 1.82) is 0 Å². The van der Waals surface area contributed by atoms with Gasteiger partial charge in [-0.3, -0.25) is 9.79 Å². The molecule has 0 radical (unpaired) electrons. The van der Waals surface area contributed by atoms with Crippen molar-refractivity contribution in [2.45, 2.75) is 19.4 Å². The van der Waals surface area contributed by atoms with Gasteiger partial charge >= 0.3 is 5.97 Å². The molecule has 0 aromatic heterocycles. The highest BCUT2D eigenvalue weighted by atomic mass is 16.4. The molecule has 1 atom stereocenters. The predicted octanol–water partition coefficient (Wildman–Crippen LogP) is -1.31. The topological polar surface area (TPSA) is 119 Å². The molecule has 12 heavy (non-hydrogen) atoms. The summed E-state index contributed by atoms with van der Waals surface area (Å²) < 4.78 is 0. The van der Waals surface area contributed by atoms with Gasteiger partial charge in [0.25, 0.3) is 0 Å². The Kier molecular flexibility index (Phi) is 3.75. The smallest absolute Gasteiger partial charge is 0.372 e. The number of nitrogens with zero attached hydrogens (tertiary/aromatic N) is 1. The fraction of sp³-hybridized carbons (Fsp3) is 0.500. The first-order chi connectivity index (χ1) is 5.43. The predicted molar refractivity (Wildman–Crippen MR) is 42.5 cm³/mol. The number of aliphatic imine (C=N–C) groups is 1. The van der Waals surface area contributed by atoms with Gasteiger partial charge in [-0.05, 0) is 6.92 Å². The van der Waals surface area contributed by atoms with Crippen LogP contribution in [0.15, 0.2) is 4.99 Å². The summed E-state index contributed by atoms with van der Waals surface area (Å²) >= 11 is 0. The lowest BCUT2D eigenvalue weighted by Gasteiger charge is -2.02. The highest BCUT2D eigenvalue weighted by molar-refractivity contribution is 6.32. The number of carbonyl (C=O) groups excluding carboxylic acids is 1. The van der Waals surface area contributed by atoms with Crippen molar-refractivity contribution in [1.82, 2.24) is 0 Å². The summed E-state index contributed by atoms with van der Waals surface area (Å²) in [6.45, 7) is 1.56. The van der Waals surface area contributed by atoms with Crippen LogP contribution in [0.4, 0.5) is 0 Å². The van der Waals surface area contributed by atoms with Crippen molar-refractivity contribution in [3.63, 3.8) is 0 Å². The molecule has 0 saturated heterocycles. The Bertz CT molecular complexity index is 220.